The maximum atomic E-state index is 6.16. The zero-order valence-corrected chi connectivity index (χ0v) is 31.4. The van der Waals surface area contributed by atoms with Crippen molar-refractivity contribution in [2.24, 2.45) is 0 Å². The van der Waals surface area contributed by atoms with Gasteiger partial charge in [0.2, 0.25) is 0 Å². The maximum Gasteiger partial charge on any atom is 0.164 e. The Labute approximate surface area is 328 Å². The molecule has 57 heavy (non-hydrogen) atoms. The standard InChI is InChI=1S/C52H34N4O/c1-52(2)40-22-9-6-20-37(40)48-46-32(16-13-23-41(46)52)30-43-47(48)38-21-7-10-24-42(38)56(43)35-18-12-17-33(28-35)50-53-49(31-14-4-3-5-15-31)54-51(55-50)34-26-27-45-39(29-34)36-19-8-11-25-44(36)57-45/h3-30H,1-2H3. The van der Waals surface area contributed by atoms with Crippen LogP contribution in [0.1, 0.15) is 25.0 Å². The predicted molar refractivity (Wildman–Crippen MR) is 233 cm³/mol. The molecule has 5 heteroatoms. The van der Waals surface area contributed by atoms with E-state index in [1.54, 1.807) is 0 Å². The average molecular weight is 731 g/mol. The Bertz CT molecular complexity index is 3450. The number of fused-ring (bicyclic) bond motifs is 9. The first-order chi connectivity index (χ1) is 28.0. The highest BCUT2D eigenvalue weighted by Crippen LogP contribution is 2.53. The molecule has 8 aromatic carbocycles. The van der Waals surface area contributed by atoms with Crippen molar-refractivity contribution in [2.75, 3.05) is 0 Å². The summed E-state index contributed by atoms with van der Waals surface area (Å²) in [5.74, 6) is 1.84. The van der Waals surface area contributed by atoms with E-state index < -0.39 is 0 Å². The lowest BCUT2D eigenvalue weighted by Crippen LogP contribution is -2.23. The van der Waals surface area contributed by atoms with Crippen molar-refractivity contribution in [3.05, 3.63) is 181 Å². The van der Waals surface area contributed by atoms with Crippen molar-refractivity contribution in [1.29, 1.82) is 0 Å². The number of aromatic nitrogens is 4. The lowest BCUT2D eigenvalue weighted by molar-refractivity contribution is 0.645. The number of hydrogen-bond acceptors (Lipinski definition) is 4. The lowest BCUT2D eigenvalue weighted by atomic mass is 9.68. The monoisotopic (exact) mass is 730 g/mol. The van der Waals surface area contributed by atoms with Crippen molar-refractivity contribution in [2.45, 2.75) is 19.3 Å². The van der Waals surface area contributed by atoms with Crippen LogP contribution in [0.5, 0.6) is 0 Å². The van der Waals surface area contributed by atoms with Gasteiger partial charge in [-0.25, -0.2) is 15.0 Å². The fraction of sp³-hybridized carbons (Fsp3) is 0.0577. The molecule has 0 spiro atoms. The molecule has 0 atom stereocenters. The molecule has 0 N–H and O–H groups in total. The van der Waals surface area contributed by atoms with Gasteiger partial charge in [-0.3, -0.25) is 0 Å². The summed E-state index contributed by atoms with van der Waals surface area (Å²) in [6, 6.07) is 60.0. The van der Waals surface area contributed by atoms with E-state index in [2.05, 4.69) is 128 Å². The minimum atomic E-state index is -0.121. The van der Waals surface area contributed by atoms with Crippen LogP contribution in [0.4, 0.5) is 0 Å². The molecule has 0 saturated heterocycles. The molecule has 3 aromatic heterocycles. The number of para-hydroxylation sites is 2. The van der Waals surface area contributed by atoms with Gasteiger partial charge in [-0.15, -0.1) is 0 Å². The summed E-state index contributed by atoms with van der Waals surface area (Å²) >= 11 is 0. The van der Waals surface area contributed by atoms with E-state index in [1.807, 2.05) is 60.7 Å². The van der Waals surface area contributed by atoms with Gasteiger partial charge in [0.05, 0.1) is 11.0 Å². The molecule has 11 aromatic rings. The highest BCUT2D eigenvalue weighted by atomic mass is 16.3. The quantitative estimate of drug-likeness (QED) is 0.181. The van der Waals surface area contributed by atoms with Crippen molar-refractivity contribution in [3.8, 4) is 51.0 Å². The van der Waals surface area contributed by atoms with Crippen LogP contribution in [0.25, 0.3) is 105 Å². The van der Waals surface area contributed by atoms with Crippen LogP contribution in [0.3, 0.4) is 0 Å². The highest BCUT2D eigenvalue weighted by Gasteiger charge is 2.35. The summed E-state index contributed by atoms with van der Waals surface area (Å²) < 4.78 is 8.57. The zero-order valence-electron chi connectivity index (χ0n) is 31.4. The van der Waals surface area contributed by atoms with E-state index >= 15 is 0 Å². The van der Waals surface area contributed by atoms with Crippen LogP contribution in [-0.4, -0.2) is 19.5 Å². The SMILES string of the molecule is CC1(C)c2ccccc2-c2c3c1cccc3cc1c2c2ccccc2n1-c1cccc(-c2nc(-c3ccccc3)nc(-c3ccc4oc5ccccc5c4c3)n2)c1. The van der Waals surface area contributed by atoms with Crippen molar-refractivity contribution in [3.63, 3.8) is 0 Å². The highest BCUT2D eigenvalue weighted by molar-refractivity contribution is 6.24. The maximum absolute atomic E-state index is 6.16. The largest absolute Gasteiger partial charge is 0.456 e. The first kappa shape index (κ1) is 31.9. The van der Waals surface area contributed by atoms with Gasteiger partial charge in [0.25, 0.3) is 0 Å². The summed E-state index contributed by atoms with van der Waals surface area (Å²) in [5.41, 5.74) is 13.0. The second kappa shape index (κ2) is 11.8. The van der Waals surface area contributed by atoms with E-state index in [-0.39, 0.29) is 5.41 Å². The van der Waals surface area contributed by atoms with E-state index in [0.717, 1.165) is 49.8 Å². The second-order valence-corrected chi connectivity index (χ2v) is 15.6. The van der Waals surface area contributed by atoms with Gasteiger partial charge in [-0.1, -0.05) is 135 Å². The molecular formula is C52H34N4O. The zero-order chi connectivity index (χ0) is 37.8. The van der Waals surface area contributed by atoms with Gasteiger partial charge in [0.15, 0.2) is 17.5 Å². The fourth-order valence-electron chi connectivity index (χ4n) is 9.36. The molecule has 0 fully saturated rings. The summed E-state index contributed by atoms with van der Waals surface area (Å²) in [7, 11) is 0. The van der Waals surface area contributed by atoms with Crippen LogP contribution in [0, 0.1) is 0 Å². The first-order valence-corrected chi connectivity index (χ1v) is 19.4. The van der Waals surface area contributed by atoms with Crippen LogP contribution < -0.4 is 0 Å². The van der Waals surface area contributed by atoms with Crippen molar-refractivity contribution in [1.82, 2.24) is 19.5 Å². The first-order valence-electron chi connectivity index (χ1n) is 19.4. The van der Waals surface area contributed by atoms with E-state index in [0.29, 0.717) is 17.5 Å². The van der Waals surface area contributed by atoms with Crippen LogP contribution in [-0.2, 0) is 5.41 Å². The molecule has 268 valence electrons. The molecule has 0 unspecified atom stereocenters. The molecule has 0 bridgehead atoms. The fourth-order valence-corrected chi connectivity index (χ4v) is 9.36. The normalized spacial score (nSPS) is 13.2. The van der Waals surface area contributed by atoms with Gasteiger partial charge in [0, 0.05) is 54.9 Å². The Hall–Kier alpha value is -7.37. The Morgan fingerprint density at radius 2 is 1.11 bits per heavy atom. The van der Waals surface area contributed by atoms with Crippen LogP contribution in [0.2, 0.25) is 0 Å². The lowest BCUT2D eigenvalue weighted by Gasteiger charge is -2.35. The molecule has 5 nitrogen and oxygen atoms in total. The Balaban J connectivity index is 1.09. The molecule has 0 amide bonds. The van der Waals surface area contributed by atoms with Gasteiger partial charge in [-0.05, 0) is 76.0 Å². The molecule has 0 aliphatic heterocycles. The van der Waals surface area contributed by atoms with Gasteiger partial charge >= 0.3 is 0 Å². The third kappa shape index (κ3) is 4.66. The summed E-state index contributed by atoms with van der Waals surface area (Å²) in [4.78, 5) is 15.4. The van der Waals surface area contributed by atoms with Crippen LogP contribution >= 0.6 is 0 Å². The van der Waals surface area contributed by atoms with Gasteiger partial charge in [0.1, 0.15) is 11.2 Å². The Morgan fingerprint density at radius 3 is 1.96 bits per heavy atom. The van der Waals surface area contributed by atoms with Crippen molar-refractivity contribution < 1.29 is 4.42 Å². The van der Waals surface area contributed by atoms with Crippen molar-refractivity contribution >= 4 is 54.5 Å². The average Bonchev–Trinajstić information content (AvgIpc) is 3.80. The smallest absolute Gasteiger partial charge is 0.164 e. The van der Waals surface area contributed by atoms with E-state index in [9.17, 15) is 0 Å². The second-order valence-electron chi connectivity index (χ2n) is 15.6. The molecule has 12 rings (SSSR count). The molecule has 0 saturated carbocycles. The molecular weight excluding hydrogens is 697 g/mol. The molecule has 3 heterocycles. The third-order valence-corrected chi connectivity index (χ3v) is 12.0. The molecule has 1 aliphatic rings. The minimum absolute atomic E-state index is 0.121. The Kier molecular flexibility index (Phi) is 6.62. The van der Waals surface area contributed by atoms with E-state index in [4.69, 9.17) is 19.4 Å². The third-order valence-electron chi connectivity index (χ3n) is 12.0. The minimum Gasteiger partial charge on any atom is -0.456 e. The molecule has 0 radical (unpaired) electrons. The predicted octanol–water partition coefficient (Wildman–Crippen LogP) is 13.3. The topological polar surface area (TPSA) is 56.7 Å². The number of rotatable bonds is 4. The van der Waals surface area contributed by atoms with Crippen LogP contribution in [0.15, 0.2) is 174 Å². The number of furan rings is 1. The number of nitrogens with zero attached hydrogens (tertiary/aromatic N) is 4. The summed E-state index contributed by atoms with van der Waals surface area (Å²) in [6.45, 7) is 4.71. The Morgan fingerprint density at radius 1 is 0.456 bits per heavy atom. The molecule has 1 aliphatic carbocycles. The summed E-state index contributed by atoms with van der Waals surface area (Å²) in [5, 5.41) is 7.19. The number of hydrogen-bond donors (Lipinski definition) is 0. The number of benzene rings is 8. The van der Waals surface area contributed by atoms with Gasteiger partial charge in [-0.2, -0.15) is 0 Å². The van der Waals surface area contributed by atoms with E-state index in [1.165, 1.54) is 49.3 Å². The summed E-state index contributed by atoms with van der Waals surface area (Å²) in [6.07, 6.45) is 0. The van der Waals surface area contributed by atoms with Gasteiger partial charge < -0.3 is 8.98 Å².